The Bertz CT molecular complexity index is 291. The molecule has 4 N–H and O–H groups in total. The normalized spacial score (nSPS) is 12.8. The summed E-state index contributed by atoms with van der Waals surface area (Å²) in [6, 6.07) is 4.71. The quantitative estimate of drug-likeness (QED) is 0.681. The second-order valence-electron chi connectivity index (χ2n) is 2.87. The van der Waals surface area contributed by atoms with Gasteiger partial charge in [-0.25, -0.2) is 0 Å². The molecule has 0 fully saturated rings. The van der Waals surface area contributed by atoms with Crippen LogP contribution < -0.4 is 5.73 Å². The van der Waals surface area contributed by atoms with E-state index < -0.39 is 6.10 Å². The molecule has 1 rings (SSSR count). The number of aromatic hydroxyl groups is 1. The molecule has 0 aliphatic rings. The molecule has 0 radical (unpaired) electrons. The van der Waals surface area contributed by atoms with Gasteiger partial charge in [0.25, 0.3) is 0 Å². The lowest BCUT2D eigenvalue weighted by molar-refractivity contribution is 0.182. The Morgan fingerprint density at radius 1 is 1.46 bits per heavy atom. The summed E-state index contributed by atoms with van der Waals surface area (Å²) in [6.45, 7) is 0.173. The molecule has 0 saturated heterocycles. The molecule has 0 spiro atoms. The van der Waals surface area contributed by atoms with E-state index in [1.165, 1.54) is 6.07 Å². The lowest BCUT2D eigenvalue weighted by Crippen LogP contribution is -2.21. The second kappa shape index (κ2) is 4.46. The number of phenols is 1. The van der Waals surface area contributed by atoms with Crippen molar-refractivity contribution in [3.63, 3.8) is 0 Å². The molecular weight excluding hydrogens is 190 g/mol. The molecule has 0 amide bonds. The standard InChI is InChI=1S/C9H12ClNO2/c10-7-1-2-9(13)6(3-7)4-8(12)5-11/h1-3,8,12-13H,4-5,11H2. The third-order valence-corrected chi connectivity index (χ3v) is 2.00. The van der Waals surface area contributed by atoms with E-state index in [9.17, 15) is 10.2 Å². The summed E-state index contributed by atoms with van der Waals surface area (Å²) in [5, 5.41) is 19.2. The van der Waals surface area contributed by atoms with Gasteiger partial charge in [-0.3, -0.25) is 0 Å². The molecule has 0 bridgehead atoms. The molecule has 1 aromatic rings. The maximum atomic E-state index is 9.37. The van der Waals surface area contributed by atoms with Crippen LogP contribution in [0.1, 0.15) is 5.56 Å². The number of rotatable bonds is 3. The highest BCUT2D eigenvalue weighted by atomic mass is 35.5. The zero-order chi connectivity index (χ0) is 9.84. The highest BCUT2D eigenvalue weighted by Gasteiger charge is 2.07. The van der Waals surface area contributed by atoms with Crippen molar-refractivity contribution in [3.05, 3.63) is 28.8 Å². The van der Waals surface area contributed by atoms with Gasteiger partial charge < -0.3 is 15.9 Å². The van der Waals surface area contributed by atoms with Crippen molar-refractivity contribution in [1.82, 2.24) is 0 Å². The highest BCUT2D eigenvalue weighted by Crippen LogP contribution is 2.22. The molecule has 0 heterocycles. The van der Waals surface area contributed by atoms with E-state index in [4.69, 9.17) is 17.3 Å². The Hall–Kier alpha value is -0.770. The topological polar surface area (TPSA) is 66.5 Å². The van der Waals surface area contributed by atoms with E-state index in [0.717, 1.165) is 0 Å². The molecule has 1 aromatic carbocycles. The Balaban J connectivity index is 2.81. The van der Waals surface area contributed by atoms with Crippen LogP contribution in [0.3, 0.4) is 0 Å². The van der Waals surface area contributed by atoms with Gasteiger partial charge in [0.2, 0.25) is 0 Å². The van der Waals surface area contributed by atoms with Crippen LogP contribution >= 0.6 is 11.6 Å². The van der Waals surface area contributed by atoms with Gasteiger partial charge >= 0.3 is 0 Å². The molecule has 4 heteroatoms. The Morgan fingerprint density at radius 2 is 2.15 bits per heavy atom. The summed E-state index contributed by atoms with van der Waals surface area (Å²) in [5.41, 5.74) is 5.86. The molecule has 72 valence electrons. The first kappa shape index (κ1) is 10.3. The van der Waals surface area contributed by atoms with E-state index in [1.807, 2.05) is 0 Å². The van der Waals surface area contributed by atoms with E-state index in [-0.39, 0.29) is 12.3 Å². The summed E-state index contributed by atoms with van der Waals surface area (Å²) < 4.78 is 0. The molecule has 13 heavy (non-hydrogen) atoms. The lowest BCUT2D eigenvalue weighted by Gasteiger charge is -2.09. The van der Waals surface area contributed by atoms with Crippen molar-refractivity contribution >= 4 is 11.6 Å². The van der Waals surface area contributed by atoms with Crippen molar-refractivity contribution in [2.45, 2.75) is 12.5 Å². The zero-order valence-corrected chi connectivity index (χ0v) is 7.83. The van der Waals surface area contributed by atoms with Crippen molar-refractivity contribution in [2.75, 3.05) is 6.54 Å². The van der Waals surface area contributed by atoms with Gasteiger partial charge in [0.1, 0.15) is 5.75 Å². The molecular formula is C9H12ClNO2. The van der Waals surface area contributed by atoms with Crippen LogP contribution in [0.25, 0.3) is 0 Å². The Labute approximate surface area is 81.8 Å². The van der Waals surface area contributed by atoms with Gasteiger partial charge in [0.05, 0.1) is 6.10 Å². The van der Waals surface area contributed by atoms with Gasteiger partial charge in [0, 0.05) is 18.0 Å². The molecule has 3 nitrogen and oxygen atoms in total. The maximum Gasteiger partial charge on any atom is 0.118 e. The van der Waals surface area contributed by atoms with Gasteiger partial charge in [-0.15, -0.1) is 0 Å². The summed E-state index contributed by atoms with van der Waals surface area (Å²) in [7, 11) is 0. The third kappa shape index (κ3) is 2.88. The highest BCUT2D eigenvalue weighted by molar-refractivity contribution is 6.30. The van der Waals surface area contributed by atoms with E-state index in [2.05, 4.69) is 0 Å². The number of benzene rings is 1. The van der Waals surface area contributed by atoms with E-state index in [0.29, 0.717) is 17.0 Å². The first-order valence-corrected chi connectivity index (χ1v) is 4.37. The van der Waals surface area contributed by atoms with Crippen LogP contribution in [0, 0.1) is 0 Å². The van der Waals surface area contributed by atoms with Crippen LogP contribution in [0.5, 0.6) is 5.75 Å². The molecule has 0 aliphatic heterocycles. The van der Waals surface area contributed by atoms with E-state index >= 15 is 0 Å². The predicted octanol–water partition coefficient (Wildman–Crippen LogP) is 0.908. The van der Waals surface area contributed by atoms with E-state index in [1.54, 1.807) is 12.1 Å². The minimum Gasteiger partial charge on any atom is -0.508 e. The van der Waals surface area contributed by atoms with Crippen LogP contribution in [0.4, 0.5) is 0 Å². The molecule has 0 aliphatic carbocycles. The molecule has 0 saturated carbocycles. The second-order valence-corrected chi connectivity index (χ2v) is 3.30. The number of phenolic OH excluding ortho intramolecular Hbond substituents is 1. The maximum absolute atomic E-state index is 9.37. The van der Waals surface area contributed by atoms with Crippen LogP contribution in [-0.2, 0) is 6.42 Å². The van der Waals surface area contributed by atoms with Gasteiger partial charge in [0.15, 0.2) is 0 Å². The number of hydrogen-bond donors (Lipinski definition) is 3. The zero-order valence-electron chi connectivity index (χ0n) is 7.07. The van der Waals surface area contributed by atoms with Crippen LogP contribution in [-0.4, -0.2) is 22.9 Å². The van der Waals surface area contributed by atoms with Crippen LogP contribution in [0.15, 0.2) is 18.2 Å². The number of aliphatic hydroxyl groups excluding tert-OH is 1. The number of halogens is 1. The smallest absolute Gasteiger partial charge is 0.118 e. The van der Waals surface area contributed by atoms with Gasteiger partial charge in [-0.05, 0) is 23.8 Å². The first-order chi connectivity index (χ1) is 6.13. The molecule has 0 aromatic heterocycles. The minimum absolute atomic E-state index is 0.136. The fourth-order valence-electron chi connectivity index (χ4n) is 1.05. The SMILES string of the molecule is NCC(O)Cc1cc(Cl)ccc1O. The average molecular weight is 202 g/mol. The van der Waals surface area contributed by atoms with Gasteiger partial charge in [-0.1, -0.05) is 11.6 Å². The predicted molar refractivity (Wildman–Crippen MR) is 51.9 cm³/mol. The fourth-order valence-corrected chi connectivity index (χ4v) is 1.25. The number of aliphatic hydroxyl groups is 1. The molecule has 1 unspecified atom stereocenters. The Kier molecular flexibility index (Phi) is 3.54. The number of hydrogen-bond acceptors (Lipinski definition) is 3. The lowest BCUT2D eigenvalue weighted by atomic mass is 10.1. The minimum atomic E-state index is -0.635. The van der Waals surface area contributed by atoms with Crippen LogP contribution in [0.2, 0.25) is 5.02 Å². The average Bonchev–Trinajstić information content (AvgIpc) is 2.11. The summed E-state index contributed by atoms with van der Waals surface area (Å²) in [6.07, 6.45) is -0.313. The van der Waals surface area contributed by atoms with Crippen molar-refractivity contribution in [1.29, 1.82) is 0 Å². The largest absolute Gasteiger partial charge is 0.508 e. The summed E-state index contributed by atoms with van der Waals surface area (Å²) >= 11 is 5.72. The van der Waals surface area contributed by atoms with Crippen molar-refractivity contribution in [2.24, 2.45) is 5.73 Å². The van der Waals surface area contributed by atoms with Gasteiger partial charge in [-0.2, -0.15) is 0 Å². The molecule has 1 atom stereocenters. The monoisotopic (exact) mass is 201 g/mol. The van der Waals surface area contributed by atoms with Crippen molar-refractivity contribution in [3.8, 4) is 5.75 Å². The summed E-state index contributed by atoms with van der Waals surface area (Å²) in [5.74, 6) is 0.136. The number of nitrogens with two attached hydrogens (primary N) is 1. The summed E-state index contributed by atoms with van der Waals surface area (Å²) in [4.78, 5) is 0. The first-order valence-electron chi connectivity index (χ1n) is 3.99. The van der Waals surface area contributed by atoms with Crippen molar-refractivity contribution < 1.29 is 10.2 Å². The Morgan fingerprint density at radius 3 is 2.77 bits per heavy atom. The third-order valence-electron chi connectivity index (χ3n) is 1.77. The fraction of sp³-hybridized carbons (Fsp3) is 0.333.